The van der Waals surface area contributed by atoms with Crippen LogP contribution in [-0.2, 0) is 24.7 Å². The van der Waals surface area contributed by atoms with E-state index in [9.17, 15) is 19.2 Å². The summed E-state index contributed by atoms with van der Waals surface area (Å²) in [6.45, 7) is 1.93. The molecular formula is C24H20ClN3O5. The molecule has 4 aliphatic heterocycles. The molecule has 0 bridgehead atoms. The Hall–Kier alpha value is -3.23. The van der Waals surface area contributed by atoms with Gasteiger partial charge >= 0.3 is 5.97 Å². The van der Waals surface area contributed by atoms with Crippen molar-refractivity contribution in [3.8, 4) is 5.75 Å². The monoisotopic (exact) mass is 465 g/mol. The molecule has 9 heteroatoms. The van der Waals surface area contributed by atoms with E-state index >= 15 is 0 Å². The van der Waals surface area contributed by atoms with Crippen molar-refractivity contribution in [3.05, 3.63) is 53.1 Å². The Kier molecular flexibility index (Phi) is 4.25. The van der Waals surface area contributed by atoms with E-state index in [-0.39, 0.29) is 17.9 Å². The van der Waals surface area contributed by atoms with Gasteiger partial charge in [-0.1, -0.05) is 11.6 Å². The van der Waals surface area contributed by atoms with Gasteiger partial charge in [0.25, 0.3) is 0 Å². The Morgan fingerprint density at radius 3 is 2.61 bits per heavy atom. The van der Waals surface area contributed by atoms with Crippen molar-refractivity contribution in [1.82, 2.24) is 4.90 Å². The third kappa shape index (κ3) is 2.56. The lowest BCUT2D eigenvalue weighted by Crippen LogP contribution is -2.54. The fourth-order valence-corrected chi connectivity index (χ4v) is 6.43. The van der Waals surface area contributed by atoms with Crippen molar-refractivity contribution < 1.29 is 23.9 Å². The second-order valence-electron chi connectivity index (χ2n) is 8.92. The number of imide groups is 1. The van der Waals surface area contributed by atoms with Crippen molar-refractivity contribution >= 4 is 46.7 Å². The van der Waals surface area contributed by atoms with Crippen molar-refractivity contribution in [3.63, 3.8) is 0 Å². The zero-order valence-electron chi connectivity index (χ0n) is 17.7. The summed E-state index contributed by atoms with van der Waals surface area (Å²) in [5, 5.41) is 3.40. The minimum atomic E-state index is -1.26. The molecule has 8 nitrogen and oxygen atoms in total. The lowest BCUT2D eigenvalue weighted by atomic mass is 9.75. The number of nitrogens with zero attached hydrogens (tertiary/aromatic N) is 2. The number of nitrogens with one attached hydrogen (secondary N) is 1. The summed E-state index contributed by atoms with van der Waals surface area (Å²) in [7, 11) is 0. The van der Waals surface area contributed by atoms with Gasteiger partial charge in [-0.25, -0.2) is 4.90 Å². The minimum absolute atomic E-state index is 0.201. The van der Waals surface area contributed by atoms with Gasteiger partial charge in [0, 0.05) is 29.2 Å². The molecule has 2 aromatic carbocycles. The third-order valence-electron chi connectivity index (χ3n) is 7.31. The maximum Gasteiger partial charge on any atom is 0.308 e. The highest BCUT2D eigenvalue weighted by Gasteiger charge is 2.74. The first-order valence-electron chi connectivity index (χ1n) is 10.9. The first kappa shape index (κ1) is 20.4. The normalized spacial score (nSPS) is 29.9. The van der Waals surface area contributed by atoms with Crippen LogP contribution in [0.3, 0.4) is 0 Å². The van der Waals surface area contributed by atoms with E-state index in [1.165, 1.54) is 11.8 Å². The Labute approximate surface area is 194 Å². The lowest BCUT2D eigenvalue weighted by molar-refractivity contribution is -0.135. The molecule has 4 heterocycles. The number of halogens is 1. The number of hydrogen-bond acceptors (Lipinski definition) is 6. The SMILES string of the molecule is CC(=O)Oc1ccc(N2C(=O)[C@@H]3[C@@H]4CCCN4[C@@]4(C(=O)Nc5ccc(Cl)cc54)[C@H]3C2=O)cc1. The Bertz CT molecular complexity index is 1250. The average Bonchev–Trinajstić information content (AvgIpc) is 3.47. The van der Waals surface area contributed by atoms with Crippen molar-refractivity contribution in [2.75, 3.05) is 16.8 Å². The summed E-state index contributed by atoms with van der Waals surface area (Å²) in [5.74, 6) is -2.59. The quantitative estimate of drug-likeness (QED) is 0.416. The highest BCUT2D eigenvalue weighted by molar-refractivity contribution is 6.31. The summed E-state index contributed by atoms with van der Waals surface area (Å²) in [6, 6.07) is 11.2. The number of hydrogen-bond donors (Lipinski definition) is 1. The highest BCUT2D eigenvalue weighted by atomic mass is 35.5. The maximum atomic E-state index is 13.9. The Balaban J connectivity index is 1.47. The second kappa shape index (κ2) is 6.88. The molecular weight excluding hydrogens is 446 g/mol. The summed E-state index contributed by atoms with van der Waals surface area (Å²) in [6.07, 6.45) is 1.59. The Morgan fingerprint density at radius 1 is 1.12 bits per heavy atom. The molecule has 0 unspecified atom stereocenters. The van der Waals surface area contributed by atoms with E-state index in [1.54, 1.807) is 42.5 Å². The molecule has 33 heavy (non-hydrogen) atoms. The molecule has 3 saturated heterocycles. The molecule has 168 valence electrons. The van der Waals surface area contributed by atoms with Gasteiger partial charge in [0.05, 0.1) is 17.5 Å². The number of amides is 3. The molecule has 0 radical (unpaired) electrons. The molecule has 0 aliphatic carbocycles. The van der Waals surface area contributed by atoms with E-state index in [1.807, 2.05) is 0 Å². The van der Waals surface area contributed by atoms with Crippen LogP contribution in [0.2, 0.25) is 5.02 Å². The van der Waals surface area contributed by atoms with Gasteiger partial charge in [0.15, 0.2) is 0 Å². The largest absolute Gasteiger partial charge is 0.427 e. The van der Waals surface area contributed by atoms with Gasteiger partial charge in [-0.05, 0) is 61.9 Å². The third-order valence-corrected chi connectivity index (χ3v) is 7.55. The molecule has 0 saturated carbocycles. The standard InChI is InChI=1S/C24H20ClN3O5/c1-12(29)33-15-7-5-14(6-8-15)28-21(30)19-18-3-2-10-27(18)24(20(19)22(28)31)16-11-13(25)4-9-17(16)26-23(24)32/h4-9,11,18-20H,2-3,10H2,1H3,(H,26,32)/t18-,19+,20+,24+/m0/s1. The number of carbonyl (C=O) groups excluding carboxylic acids is 4. The van der Waals surface area contributed by atoms with Gasteiger partial charge in [-0.2, -0.15) is 0 Å². The number of fused-ring (bicyclic) bond motifs is 7. The fourth-order valence-electron chi connectivity index (χ4n) is 6.26. The number of rotatable bonds is 2. The maximum absolute atomic E-state index is 13.9. The molecule has 3 amide bonds. The summed E-state index contributed by atoms with van der Waals surface area (Å²) in [5.41, 5.74) is 0.415. The van der Waals surface area contributed by atoms with Gasteiger partial charge in [0.1, 0.15) is 11.3 Å². The van der Waals surface area contributed by atoms with Gasteiger partial charge in [-0.15, -0.1) is 0 Å². The smallest absolute Gasteiger partial charge is 0.308 e. The zero-order chi connectivity index (χ0) is 23.1. The van der Waals surface area contributed by atoms with Crippen LogP contribution in [0, 0.1) is 11.8 Å². The predicted molar refractivity (Wildman–Crippen MR) is 119 cm³/mol. The van der Waals surface area contributed by atoms with Crippen LogP contribution in [0.1, 0.15) is 25.3 Å². The Morgan fingerprint density at radius 2 is 1.88 bits per heavy atom. The average molecular weight is 466 g/mol. The molecule has 6 rings (SSSR count). The number of anilines is 2. The first-order valence-corrected chi connectivity index (χ1v) is 11.3. The van der Waals surface area contributed by atoms with E-state index in [0.717, 1.165) is 12.8 Å². The van der Waals surface area contributed by atoms with Crippen LogP contribution in [0.5, 0.6) is 5.75 Å². The van der Waals surface area contributed by atoms with Crippen LogP contribution in [0.15, 0.2) is 42.5 Å². The van der Waals surface area contributed by atoms with Crippen LogP contribution in [0.25, 0.3) is 0 Å². The zero-order valence-corrected chi connectivity index (χ0v) is 18.5. The van der Waals surface area contributed by atoms with Crippen molar-refractivity contribution in [1.29, 1.82) is 0 Å². The van der Waals surface area contributed by atoms with Gasteiger partial charge in [0.2, 0.25) is 17.7 Å². The topological polar surface area (TPSA) is 96.0 Å². The number of esters is 1. The number of benzene rings is 2. The van der Waals surface area contributed by atoms with E-state index in [4.69, 9.17) is 16.3 Å². The van der Waals surface area contributed by atoms with E-state index in [2.05, 4.69) is 10.2 Å². The fraction of sp³-hybridized carbons (Fsp3) is 0.333. The van der Waals surface area contributed by atoms with Crippen molar-refractivity contribution in [2.45, 2.75) is 31.3 Å². The van der Waals surface area contributed by atoms with Gasteiger partial charge in [-0.3, -0.25) is 24.1 Å². The van der Waals surface area contributed by atoms with Gasteiger partial charge < -0.3 is 10.1 Å². The molecule has 1 spiro atoms. The van der Waals surface area contributed by atoms with Crippen LogP contribution < -0.4 is 15.0 Å². The van der Waals surface area contributed by atoms with Crippen molar-refractivity contribution in [2.24, 2.45) is 11.8 Å². The number of carbonyl (C=O) groups is 4. The van der Waals surface area contributed by atoms with E-state index < -0.39 is 29.3 Å². The molecule has 4 atom stereocenters. The highest BCUT2D eigenvalue weighted by Crippen LogP contribution is 2.60. The van der Waals surface area contributed by atoms with E-state index in [0.29, 0.717) is 34.3 Å². The summed E-state index contributed by atoms with van der Waals surface area (Å²) in [4.78, 5) is 55.5. The van der Waals surface area contributed by atoms with Crippen LogP contribution in [-0.4, -0.2) is 41.2 Å². The minimum Gasteiger partial charge on any atom is -0.427 e. The number of ether oxygens (including phenoxy) is 1. The van der Waals surface area contributed by atoms with Crippen LogP contribution >= 0.6 is 11.6 Å². The molecule has 1 N–H and O–H groups in total. The summed E-state index contributed by atoms with van der Waals surface area (Å²) >= 11 is 6.30. The molecule has 4 aliphatic rings. The van der Waals surface area contributed by atoms with Crippen LogP contribution in [0.4, 0.5) is 11.4 Å². The second-order valence-corrected chi connectivity index (χ2v) is 9.35. The predicted octanol–water partition coefficient (Wildman–Crippen LogP) is 2.70. The first-order chi connectivity index (χ1) is 15.8. The lowest BCUT2D eigenvalue weighted by Gasteiger charge is -2.36. The molecule has 3 fully saturated rings. The molecule has 0 aromatic heterocycles. The molecule has 2 aromatic rings. The summed E-state index contributed by atoms with van der Waals surface area (Å²) < 4.78 is 5.06.